The highest BCUT2D eigenvalue weighted by molar-refractivity contribution is 5.99. The van der Waals surface area contributed by atoms with Crippen LogP contribution in [0.4, 0.5) is 0 Å². The standard InChI is InChI=1S/C17H22N4O3/c1-23-8-3-13-9-17(24-11-13)4-7-20(12-17)16(22)14-10-19-21-6-2-5-18-15(14)21/h2,5-6,10,13H,3-4,7-9,11-12H2,1H3/t13-,17+/m0/s1. The fourth-order valence-electron chi connectivity index (χ4n) is 3.86. The summed E-state index contributed by atoms with van der Waals surface area (Å²) in [5, 5.41) is 4.21. The van der Waals surface area contributed by atoms with Crippen molar-refractivity contribution >= 4 is 11.6 Å². The average molecular weight is 330 g/mol. The van der Waals surface area contributed by atoms with E-state index in [-0.39, 0.29) is 11.5 Å². The molecular weight excluding hydrogens is 308 g/mol. The van der Waals surface area contributed by atoms with Gasteiger partial charge in [0.05, 0.1) is 24.9 Å². The highest BCUT2D eigenvalue weighted by atomic mass is 16.5. The van der Waals surface area contributed by atoms with Gasteiger partial charge < -0.3 is 14.4 Å². The molecule has 2 aliphatic heterocycles. The van der Waals surface area contributed by atoms with Gasteiger partial charge in [-0.2, -0.15) is 5.10 Å². The van der Waals surface area contributed by atoms with E-state index in [4.69, 9.17) is 9.47 Å². The molecule has 1 amide bonds. The van der Waals surface area contributed by atoms with E-state index in [1.165, 1.54) is 0 Å². The summed E-state index contributed by atoms with van der Waals surface area (Å²) in [4.78, 5) is 19.0. The molecule has 0 unspecified atom stereocenters. The van der Waals surface area contributed by atoms with E-state index in [9.17, 15) is 4.79 Å². The first kappa shape index (κ1) is 15.5. The van der Waals surface area contributed by atoms with Gasteiger partial charge in [0.1, 0.15) is 5.56 Å². The number of rotatable bonds is 4. The first-order chi connectivity index (χ1) is 11.7. The lowest BCUT2D eigenvalue weighted by molar-refractivity contribution is 0.0113. The molecule has 2 aromatic rings. The molecule has 2 atom stereocenters. The highest BCUT2D eigenvalue weighted by Crippen LogP contribution is 2.39. The van der Waals surface area contributed by atoms with Crippen molar-refractivity contribution in [3.8, 4) is 0 Å². The molecule has 1 spiro atoms. The van der Waals surface area contributed by atoms with E-state index in [0.717, 1.165) is 39.0 Å². The van der Waals surface area contributed by atoms with E-state index in [2.05, 4.69) is 10.1 Å². The van der Waals surface area contributed by atoms with Crippen LogP contribution in [0.1, 0.15) is 29.6 Å². The fraction of sp³-hybridized carbons (Fsp3) is 0.588. The molecular formula is C17H22N4O3. The van der Waals surface area contributed by atoms with Gasteiger partial charge in [-0.15, -0.1) is 0 Å². The molecule has 0 aliphatic carbocycles. The molecule has 0 saturated carbocycles. The number of fused-ring (bicyclic) bond motifs is 1. The Balaban J connectivity index is 1.46. The fourth-order valence-corrected chi connectivity index (χ4v) is 3.86. The van der Waals surface area contributed by atoms with Gasteiger partial charge in [0.25, 0.3) is 5.91 Å². The molecule has 0 bridgehead atoms. The molecule has 0 N–H and O–H groups in total. The van der Waals surface area contributed by atoms with Crippen LogP contribution in [0, 0.1) is 5.92 Å². The molecule has 0 aromatic carbocycles. The predicted molar refractivity (Wildman–Crippen MR) is 86.8 cm³/mol. The first-order valence-electron chi connectivity index (χ1n) is 8.41. The van der Waals surface area contributed by atoms with Crippen LogP contribution >= 0.6 is 0 Å². The maximum atomic E-state index is 12.9. The van der Waals surface area contributed by atoms with E-state index in [0.29, 0.717) is 23.7 Å². The minimum atomic E-state index is -0.176. The summed E-state index contributed by atoms with van der Waals surface area (Å²) in [5.74, 6) is 0.517. The number of carbonyl (C=O) groups is 1. The lowest BCUT2D eigenvalue weighted by atomic mass is 9.92. The molecule has 24 heavy (non-hydrogen) atoms. The van der Waals surface area contributed by atoms with E-state index >= 15 is 0 Å². The molecule has 2 aromatic heterocycles. The van der Waals surface area contributed by atoms with E-state index in [1.54, 1.807) is 36.3 Å². The molecule has 2 aliphatic rings. The molecule has 2 fully saturated rings. The minimum absolute atomic E-state index is 0.00971. The Morgan fingerprint density at radius 1 is 1.54 bits per heavy atom. The summed E-state index contributed by atoms with van der Waals surface area (Å²) in [7, 11) is 1.73. The van der Waals surface area contributed by atoms with Crippen molar-refractivity contribution in [2.45, 2.75) is 24.9 Å². The monoisotopic (exact) mass is 330 g/mol. The van der Waals surface area contributed by atoms with Crippen LogP contribution in [-0.2, 0) is 9.47 Å². The van der Waals surface area contributed by atoms with E-state index < -0.39 is 0 Å². The molecule has 0 radical (unpaired) electrons. The smallest absolute Gasteiger partial charge is 0.259 e. The summed E-state index contributed by atoms with van der Waals surface area (Å²) in [6, 6.07) is 1.80. The quantitative estimate of drug-likeness (QED) is 0.847. The van der Waals surface area contributed by atoms with Gasteiger partial charge in [-0.1, -0.05) is 0 Å². The van der Waals surface area contributed by atoms with Crippen LogP contribution in [-0.4, -0.2) is 64.4 Å². The van der Waals surface area contributed by atoms with Gasteiger partial charge in [-0.25, -0.2) is 9.50 Å². The van der Waals surface area contributed by atoms with Gasteiger partial charge in [-0.05, 0) is 31.2 Å². The Hall–Kier alpha value is -1.99. The number of hydrogen-bond donors (Lipinski definition) is 0. The maximum absolute atomic E-state index is 12.9. The van der Waals surface area contributed by atoms with Crippen molar-refractivity contribution in [2.75, 3.05) is 33.4 Å². The second-order valence-corrected chi connectivity index (χ2v) is 6.77. The second kappa shape index (κ2) is 6.14. The topological polar surface area (TPSA) is 69.0 Å². The van der Waals surface area contributed by atoms with Gasteiger partial charge in [-0.3, -0.25) is 4.79 Å². The third-order valence-corrected chi connectivity index (χ3v) is 5.13. The lowest BCUT2D eigenvalue weighted by Crippen LogP contribution is -2.35. The maximum Gasteiger partial charge on any atom is 0.259 e. The SMILES string of the molecule is COCC[C@@H]1CO[C@]2(CCN(C(=O)c3cnn4cccnc34)C2)C1. The molecule has 128 valence electrons. The zero-order valence-electron chi connectivity index (χ0n) is 13.9. The number of hydrogen-bond acceptors (Lipinski definition) is 5. The number of aromatic nitrogens is 3. The summed E-state index contributed by atoms with van der Waals surface area (Å²) in [6.07, 6.45) is 8.00. The minimum Gasteiger partial charge on any atom is -0.385 e. The number of likely N-dealkylation sites (tertiary alicyclic amines) is 1. The van der Waals surface area contributed by atoms with Crippen LogP contribution in [0.25, 0.3) is 5.65 Å². The van der Waals surface area contributed by atoms with Crippen LogP contribution in [0.15, 0.2) is 24.7 Å². The molecule has 4 heterocycles. The predicted octanol–water partition coefficient (Wildman–Crippen LogP) is 1.39. The molecule has 2 saturated heterocycles. The number of carbonyl (C=O) groups excluding carboxylic acids is 1. The Labute approximate surface area is 140 Å². The van der Waals surface area contributed by atoms with Gasteiger partial charge in [0.15, 0.2) is 5.65 Å². The second-order valence-electron chi connectivity index (χ2n) is 6.77. The number of nitrogens with zero attached hydrogens (tertiary/aromatic N) is 4. The Kier molecular flexibility index (Phi) is 3.97. The third-order valence-electron chi connectivity index (χ3n) is 5.13. The van der Waals surface area contributed by atoms with Crippen LogP contribution < -0.4 is 0 Å². The van der Waals surface area contributed by atoms with Crippen LogP contribution in [0.2, 0.25) is 0 Å². The lowest BCUT2D eigenvalue weighted by Gasteiger charge is -2.23. The van der Waals surface area contributed by atoms with Gasteiger partial charge >= 0.3 is 0 Å². The Morgan fingerprint density at radius 2 is 2.46 bits per heavy atom. The third kappa shape index (κ3) is 2.67. The van der Waals surface area contributed by atoms with E-state index in [1.807, 2.05) is 4.90 Å². The number of amides is 1. The molecule has 7 nitrogen and oxygen atoms in total. The zero-order valence-corrected chi connectivity index (χ0v) is 13.9. The summed E-state index contributed by atoms with van der Waals surface area (Å²) in [6.45, 7) is 2.91. The van der Waals surface area contributed by atoms with Crippen molar-refractivity contribution in [1.29, 1.82) is 0 Å². The zero-order chi connectivity index (χ0) is 16.6. The van der Waals surface area contributed by atoms with Crippen molar-refractivity contribution in [1.82, 2.24) is 19.5 Å². The molecule has 4 rings (SSSR count). The van der Waals surface area contributed by atoms with Crippen molar-refractivity contribution < 1.29 is 14.3 Å². The summed E-state index contributed by atoms with van der Waals surface area (Å²) >= 11 is 0. The van der Waals surface area contributed by atoms with Crippen molar-refractivity contribution in [3.63, 3.8) is 0 Å². The number of methoxy groups -OCH3 is 1. The van der Waals surface area contributed by atoms with Crippen molar-refractivity contribution in [3.05, 3.63) is 30.2 Å². The summed E-state index contributed by atoms with van der Waals surface area (Å²) < 4.78 is 12.9. The largest absolute Gasteiger partial charge is 0.385 e. The highest BCUT2D eigenvalue weighted by Gasteiger charge is 2.46. The Bertz CT molecular complexity index is 746. The average Bonchev–Trinajstić information content (AvgIpc) is 3.32. The van der Waals surface area contributed by atoms with Crippen LogP contribution in [0.5, 0.6) is 0 Å². The van der Waals surface area contributed by atoms with Crippen LogP contribution in [0.3, 0.4) is 0 Å². The summed E-state index contributed by atoms with van der Waals surface area (Å²) in [5.41, 5.74) is 0.986. The number of ether oxygens (including phenoxy) is 2. The Morgan fingerprint density at radius 3 is 3.33 bits per heavy atom. The van der Waals surface area contributed by atoms with Crippen molar-refractivity contribution in [2.24, 2.45) is 5.92 Å². The van der Waals surface area contributed by atoms with Gasteiger partial charge in [0, 0.05) is 32.7 Å². The normalized spacial score (nSPS) is 26.7. The first-order valence-corrected chi connectivity index (χ1v) is 8.41. The molecule has 7 heteroatoms. The van der Waals surface area contributed by atoms with Gasteiger partial charge in [0.2, 0.25) is 0 Å².